The molecule has 0 aliphatic carbocycles. The highest BCUT2D eigenvalue weighted by Crippen LogP contribution is 2.24. The van der Waals surface area contributed by atoms with Gasteiger partial charge in [-0.05, 0) is 24.6 Å². The third-order valence-electron chi connectivity index (χ3n) is 4.09. The van der Waals surface area contributed by atoms with Gasteiger partial charge in [-0.2, -0.15) is 0 Å². The van der Waals surface area contributed by atoms with Crippen LogP contribution in [-0.2, 0) is 0 Å². The van der Waals surface area contributed by atoms with Crippen molar-refractivity contribution in [2.24, 2.45) is 0 Å². The quantitative estimate of drug-likeness (QED) is 0.872. The van der Waals surface area contributed by atoms with E-state index in [-0.39, 0.29) is 0 Å². The largest absolute Gasteiger partial charge is 0.353 e. The highest BCUT2D eigenvalue weighted by molar-refractivity contribution is 6.30. The van der Waals surface area contributed by atoms with Crippen LogP contribution in [0.25, 0.3) is 0 Å². The molecule has 110 valence electrons. The third-order valence-corrected chi connectivity index (χ3v) is 4.34. The molecule has 4 nitrogen and oxygen atoms in total. The molecule has 0 bridgehead atoms. The molecule has 1 aromatic heterocycles. The molecule has 1 aliphatic rings. The smallest absolute Gasteiger partial charge is 0.147 e. The van der Waals surface area contributed by atoms with Gasteiger partial charge in [0, 0.05) is 49.6 Å². The first-order valence-electron chi connectivity index (χ1n) is 7.24. The fourth-order valence-corrected chi connectivity index (χ4v) is 2.87. The standard InChI is InChI=1S/C16H19ClN4/c1-13(14-2-4-15(17)5-3-14)20-8-10-21(11-9-20)16-12-18-6-7-19-16/h2-7,12-13H,8-11H2,1H3. The fourth-order valence-electron chi connectivity index (χ4n) is 2.74. The number of aromatic nitrogens is 2. The molecule has 0 amide bonds. The van der Waals surface area contributed by atoms with Crippen LogP contribution in [-0.4, -0.2) is 41.0 Å². The van der Waals surface area contributed by atoms with Crippen LogP contribution in [0.5, 0.6) is 0 Å². The maximum Gasteiger partial charge on any atom is 0.147 e. The van der Waals surface area contributed by atoms with Crippen LogP contribution in [0.15, 0.2) is 42.9 Å². The van der Waals surface area contributed by atoms with E-state index in [2.05, 4.69) is 38.8 Å². The summed E-state index contributed by atoms with van der Waals surface area (Å²) in [4.78, 5) is 13.3. The number of hydrogen-bond donors (Lipinski definition) is 0. The van der Waals surface area contributed by atoms with Gasteiger partial charge < -0.3 is 4.90 Å². The summed E-state index contributed by atoms with van der Waals surface area (Å²) in [5, 5.41) is 0.790. The zero-order valence-electron chi connectivity index (χ0n) is 12.1. The van der Waals surface area contributed by atoms with Crippen molar-refractivity contribution in [3.05, 3.63) is 53.4 Å². The molecule has 21 heavy (non-hydrogen) atoms. The normalized spacial score (nSPS) is 17.7. The van der Waals surface area contributed by atoms with E-state index in [0.29, 0.717) is 6.04 Å². The van der Waals surface area contributed by atoms with Gasteiger partial charge in [0.2, 0.25) is 0 Å². The summed E-state index contributed by atoms with van der Waals surface area (Å²) in [5.41, 5.74) is 1.31. The first-order chi connectivity index (χ1) is 10.2. The van der Waals surface area contributed by atoms with E-state index in [0.717, 1.165) is 37.0 Å². The van der Waals surface area contributed by atoms with Crippen molar-refractivity contribution >= 4 is 17.4 Å². The van der Waals surface area contributed by atoms with Crippen LogP contribution >= 0.6 is 11.6 Å². The van der Waals surface area contributed by atoms with Gasteiger partial charge in [0.1, 0.15) is 5.82 Å². The number of benzene rings is 1. The van der Waals surface area contributed by atoms with Crippen LogP contribution in [0.3, 0.4) is 0 Å². The summed E-state index contributed by atoms with van der Waals surface area (Å²) in [5.74, 6) is 0.969. The van der Waals surface area contributed by atoms with Crippen molar-refractivity contribution in [1.82, 2.24) is 14.9 Å². The van der Waals surface area contributed by atoms with Crippen molar-refractivity contribution in [1.29, 1.82) is 0 Å². The molecule has 2 heterocycles. The number of anilines is 1. The van der Waals surface area contributed by atoms with Crippen molar-refractivity contribution in [3.63, 3.8) is 0 Å². The minimum absolute atomic E-state index is 0.409. The van der Waals surface area contributed by atoms with E-state index >= 15 is 0 Å². The number of piperazine rings is 1. The second-order valence-corrected chi connectivity index (χ2v) is 5.75. The summed E-state index contributed by atoms with van der Waals surface area (Å²) in [6.07, 6.45) is 5.29. The van der Waals surface area contributed by atoms with E-state index in [4.69, 9.17) is 11.6 Å². The van der Waals surface area contributed by atoms with Crippen LogP contribution in [0.1, 0.15) is 18.5 Å². The average Bonchev–Trinajstić information content (AvgIpc) is 2.56. The summed E-state index contributed by atoms with van der Waals surface area (Å²) >= 11 is 5.96. The maximum absolute atomic E-state index is 5.96. The van der Waals surface area contributed by atoms with Crippen LogP contribution in [0, 0.1) is 0 Å². The van der Waals surface area contributed by atoms with Crippen LogP contribution in [0.2, 0.25) is 5.02 Å². The molecule has 1 saturated heterocycles. The summed E-state index contributed by atoms with van der Waals surface area (Å²) < 4.78 is 0. The van der Waals surface area contributed by atoms with E-state index in [1.165, 1.54) is 5.56 Å². The summed E-state index contributed by atoms with van der Waals surface area (Å²) in [6.45, 7) is 6.27. The first-order valence-corrected chi connectivity index (χ1v) is 7.62. The lowest BCUT2D eigenvalue weighted by Gasteiger charge is -2.38. The Morgan fingerprint density at radius 2 is 1.76 bits per heavy atom. The molecular formula is C16H19ClN4. The number of hydrogen-bond acceptors (Lipinski definition) is 4. The Bertz CT molecular complexity index is 565. The van der Waals surface area contributed by atoms with E-state index in [9.17, 15) is 0 Å². The Hall–Kier alpha value is -1.65. The molecule has 1 aromatic carbocycles. The average molecular weight is 303 g/mol. The molecule has 5 heteroatoms. The molecule has 0 N–H and O–H groups in total. The molecule has 2 aromatic rings. The minimum Gasteiger partial charge on any atom is -0.353 e. The van der Waals surface area contributed by atoms with Gasteiger partial charge in [0.25, 0.3) is 0 Å². The second kappa shape index (κ2) is 6.41. The Kier molecular flexibility index (Phi) is 4.36. The van der Waals surface area contributed by atoms with E-state index in [1.54, 1.807) is 12.4 Å². The lowest BCUT2D eigenvalue weighted by Crippen LogP contribution is -2.47. The van der Waals surface area contributed by atoms with Gasteiger partial charge in [-0.3, -0.25) is 9.88 Å². The van der Waals surface area contributed by atoms with Crippen LogP contribution < -0.4 is 4.90 Å². The number of rotatable bonds is 3. The van der Waals surface area contributed by atoms with Gasteiger partial charge in [-0.15, -0.1) is 0 Å². The van der Waals surface area contributed by atoms with E-state index in [1.807, 2.05) is 18.3 Å². The van der Waals surface area contributed by atoms with Gasteiger partial charge in [-0.25, -0.2) is 4.98 Å². The van der Waals surface area contributed by atoms with E-state index < -0.39 is 0 Å². The Labute approximate surface area is 130 Å². The Morgan fingerprint density at radius 3 is 2.38 bits per heavy atom. The SMILES string of the molecule is CC(c1ccc(Cl)cc1)N1CCN(c2cnccn2)CC1. The Balaban J connectivity index is 1.61. The predicted molar refractivity (Wildman–Crippen MR) is 85.7 cm³/mol. The van der Waals surface area contributed by atoms with Crippen LogP contribution in [0.4, 0.5) is 5.82 Å². The molecule has 0 spiro atoms. The lowest BCUT2D eigenvalue weighted by atomic mass is 10.1. The fraction of sp³-hybridized carbons (Fsp3) is 0.375. The molecule has 1 atom stereocenters. The van der Waals surface area contributed by atoms with Gasteiger partial charge >= 0.3 is 0 Å². The van der Waals surface area contributed by atoms with Crippen molar-refractivity contribution in [2.75, 3.05) is 31.1 Å². The summed E-state index contributed by atoms with van der Waals surface area (Å²) in [7, 11) is 0. The van der Waals surface area contributed by atoms with Crippen molar-refractivity contribution < 1.29 is 0 Å². The highest BCUT2D eigenvalue weighted by Gasteiger charge is 2.22. The molecular weight excluding hydrogens is 284 g/mol. The molecule has 1 fully saturated rings. The molecule has 1 unspecified atom stereocenters. The monoisotopic (exact) mass is 302 g/mol. The second-order valence-electron chi connectivity index (χ2n) is 5.31. The zero-order valence-corrected chi connectivity index (χ0v) is 12.9. The Morgan fingerprint density at radius 1 is 1.05 bits per heavy atom. The third kappa shape index (κ3) is 3.34. The van der Waals surface area contributed by atoms with Gasteiger partial charge in [0.15, 0.2) is 0 Å². The highest BCUT2D eigenvalue weighted by atomic mass is 35.5. The molecule has 0 saturated carbocycles. The molecule has 0 radical (unpaired) electrons. The zero-order chi connectivity index (χ0) is 14.7. The maximum atomic E-state index is 5.96. The van der Waals surface area contributed by atoms with Gasteiger partial charge in [0.05, 0.1) is 6.20 Å². The number of nitrogens with zero attached hydrogens (tertiary/aromatic N) is 4. The summed E-state index contributed by atoms with van der Waals surface area (Å²) in [6, 6.07) is 8.56. The topological polar surface area (TPSA) is 32.3 Å². The number of halogens is 1. The molecule has 3 rings (SSSR count). The first kappa shape index (κ1) is 14.3. The van der Waals surface area contributed by atoms with Crippen molar-refractivity contribution in [3.8, 4) is 0 Å². The van der Waals surface area contributed by atoms with Gasteiger partial charge in [-0.1, -0.05) is 23.7 Å². The van der Waals surface area contributed by atoms with Crippen molar-refractivity contribution in [2.45, 2.75) is 13.0 Å². The predicted octanol–water partition coefficient (Wildman–Crippen LogP) is 3.01. The molecule has 1 aliphatic heterocycles. The minimum atomic E-state index is 0.409. The lowest BCUT2D eigenvalue weighted by molar-refractivity contribution is 0.198.